The second-order valence-corrected chi connectivity index (χ2v) is 3.93. The van der Waals surface area contributed by atoms with Gasteiger partial charge in [0.25, 0.3) is 0 Å². The van der Waals surface area contributed by atoms with Crippen molar-refractivity contribution < 1.29 is 9.90 Å². The van der Waals surface area contributed by atoms with Gasteiger partial charge in [-0.15, -0.1) is 11.3 Å². The van der Waals surface area contributed by atoms with Gasteiger partial charge in [0.15, 0.2) is 0 Å². The quantitative estimate of drug-likeness (QED) is 0.812. The molecule has 1 amide bonds. The van der Waals surface area contributed by atoms with E-state index in [0.717, 1.165) is 5.56 Å². The van der Waals surface area contributed by atoms with Gasteiger partial charge in [-0.2, -0.15) is 0 Å². The second kappa shape index (κ2) is 4.14. The van der Waals surface area contributed by atoms with E-state index in [1.807, 2.05) is 29.6 Å². The largest absolute Gasteiger partial charge is 0.465 e. The maximum Gasteiger partial charge on any atom is 0.409 e. The van der Waals surface area contributed by atoms with Crippen molar-refractivity contribution in [1.82, 2.24) is 0 Å². The zero-order valence-electron chi connectivity index (χ0n) is 7.81. The Bertz CT molecular complexity index is 448. The van der Waals surface area contributed by atoms with Crippen LogP contribution in [0.3, 0.4) is 0 Å². The minimum atomic E-state index is -1.04. The summed E-state index contributed by atoms with van der Waals surface area (Å²) in [5, 5.41) is 12.8. The third kappa shape index (κ3) is 2.35. The van der Waals surface area contributed by atoms with Gasteiger partial charge in [0.2, 0.25) is 0 Å². The summed E-state index contributed by atoms with van der Waals surface area (Å²) in [6.07, 6.45) is -1.04. The molecule has 0 spiro atoms. The Morgan fingerprint density at radius 1 is 1.20 bits per heavy atom. The Labute approximate surface area is 91.0 Å². The monoisotopic (exact) mass is 219 g/mol. The van der Waals surface area contributed by atoms with Gasteiger partial charge in [0.05, 0.1) is 0 Å². The molecule has 0 aliphatic carbocycles. The highest BCUT2D eigenvalue weighted by atomic mass is 32.1. The van der Waals surface area contributed by atoms with Crippen LogP contribution in [0.4, 0.5) is 10.5 Å². The molecular weight excluding hydrogens is 210 g/mol. The third-order valence-electron chi connectivity index (χ3n) is 1.94. The fourth-order valence-corrected chi connectivity index (χ4v) is 2.02. The number of hydrogen-bond donors (Lipinski definition) is 2. The number of carboxylic acid groups (broad SMARTS) is 1. The fraction of sp³-hybridized carbons (Fsp3) is 0. The number of carbonyl (C=O) groups is 1. The van der Waals surface area contributed by atoms with Crippen molar-refractivity contribution in [2.24, 2.45) is 0 Å². The van der Waals surface area contributed by atoms with Crippen LogP contribution in [-0.4, -0.2) is 11.2 Å². The molecule has 15 heavy (non-hydrogen) atoms. The maximum atomic E-state index is 10.4. The molecule has 0 bridgehead atoms. The van der Waals surface area contributed by atoms with Crippen LogP contribution in [0.2, 0.25) is 0 Å². The Balaban J connectivity index is 2.21. The van der Waals surface area contributed by atoms with Crippen molar-refractivity contribution in [3.05, 3.63) is 41.8 Å². The first-order valence-corrected chi connectivity index (χ1v) is 5.27. The summed E-state index contributed by atoms with van der Waals surface area (Å²) < 4.78 is 0. The van der Waals surface area contributed by atoms with Crippen molar-refractivity contribution >= 4 is 23.1 Å². The molecule has 0 unspecified atom stereocenters. The molecule has 4 heteroatoms. The van der Waals surface area contributed by atoms with Gasteiger partial charge in [0.1, 0.15) is 0 Å². The topological polar surface area (TPSA) is 49.3 Å². The molecule has 3 nitrogen and oxygen atoms in total. The van der Waals surface area contributed by atoms with Crippen LogP contribution in [0.5, 0.6) is 0 Å². The smallest absolute Gasteiger partial charge is 0.409 e. The van der Waals surface area contributed by atoms with Gasteiger partial charge < -0.3 is 5.11 Å². The van der Waals surface area contributed by atoms with Crippen LogP contribution in [0.15, 0.2) is 41.8 Å². The molecule has 0 fully saturated rings. The summed E-state index contributed by atoms with van der Waals surface area (Å²) >= 11 is 1.66. The molecule has 0 radical (unpaired) electrons. The molecule has 0 saturated heterocycles. The van der Waals surface area contributed by atoms with Crippen molar-refractivity contribution in [2.45, 2.75) is 0 Å². The zero-order valence-corrected chi connectivity index (χ0v) is 8.62. The Kier molecular flexibility index (Phi) is 2.69. The van der Waals surface area contributed by atoms with Crippen LogP contribution in [0.25, 0.3) is 10.4 Å². The van der Waals surface area contributed by atoms with Gasteiger partial charge in [-0.1, -0.05) is 18.2 Å². The normalized spacial score (nSPS) is 9.87. The zero-order chi connectivity index (χ0) is 10.7. The van der Waals surface area contributed by atoms with Crippen molar-refractivity contribution in [3.63, 3.8) is 0 Å². The summed E-state index contributed by atoms with van der Waals surface area (Å²) in [4.78, 5) is 11.6. The maximum absolute atomic E-state index is 10.4. The van der Waals surface area contributed by atoms with Gasteiger partial charge >= 0.3 is 6.09 Å². The molecule has 1 heterocycles. The predicted molar refractivity (Wildman–Crippen MR) is 61.4 cm³/mol. The summed E-state index contributed by atoms with van der Waals surface area (Å²) in [6.45, 7) is 0. The Morgan fingerprint density at radius 3 is 2.47 bits per heavy atom. The molecule has 0 saturated carbocycles. The van der Waals surface area contributed by atoms with Gasteiger partial charge in [-0.25, -0.2) is 4.79 Å². The van der Waals surface area contributed by atoms with Crippen LogP contribution in [0.1, 0.15) is 0 Å². The van der Waals surface area contributed by atoms with Crippen molar-refractivity contribution in [1.29, 1.82) is 0 Å². The third-order valence-corrected chi connectivity index (χ3v) is 2.86. The summed E-state index contributed by atoms with van der Waals surface area (Å²) in [5.41, 5.74) is 1.68. The average molecular weight is 219 g/mol. The predicted octanol–water partition coefficient (Wildman–Crippen LogP) is 3.51. The van der Waals surface area contributed by atoms with E-state index in [9.17, 15) is 4.79 Å². The summed E-state index contributed by atoms with van der Waals surface area (Å²) in [5.74, 6) is 0. The average Bonchev–Trinajstić information content (AvgIpc) is 2.71. The number of anilines is 1. The lowest BCUT2D eigenvalue weighted by Crippen LogP contribution is -2.06. The lowest BCUT2D eigenvalue weighted by molar-refractivity contribution is 0.210. The van der Waals surface area contributed by atoms with E-state index in [2.05, 4.69) is 5.32 Å². The van der Waals surface area contributed by atoms with E-state index in [4.69, 9.17) is 5.11 Å². The fourth-order valence-electron chi connectivity index (χ4n) is 1.28. The van der Waals surface area contributed by atoms with E-state index >= 15 is 0 Å². The number of amides is 1. The molecule has 0 aliphatic rings. The number of rotatable bonds is 2. The lowest BCUT2D eigenvalue weighted by Gasteiger charge is -2.01. The van der Waals surface area contributed by atoms with Crippen LogP contribution >= 0.6 is 11.3 Å². The molecule has 0 atom stereocenters. The van der Waals surface area contributed by atoms with Gasteiger partial charge in [0, 0.05) is 10.6 Å². The Morgan fingerprint density at radius 2 is 1.93 bits per heavy atom. The molecule has 2 rings (SSSR count). The van der Waals surface area contributed by atoms with Crippen LogP contribution in [0, 0.1) is 0 Å². The standard InChI is InChI=1S/C11H9NO2S/c13-11(14)12-9-5-3-8(4-6-9)10-2-1-7-15-10/h1-7,12H,(H,13,14). The van der Waals surface area contributed by atoms with Crippen molar-refractivity contribution in [2.75, 3.05) is 5.32 Å². The summed E-state index contributed by atoms with van der Waals surface area (Å²) in [7, 11) is 0. The van der Waals surface area contributed by atoms with Gasteiger partial charge in [-0.05, 0) is 29.1 Å². The SMILES string of the molecule is O=C(O)Nc1ccc(-c2cccs2)cc1. The highest BCUT2D eigenvalue weighted by Crippen LogP contribution is 2.25. The van der Waals surface area contributed by atoms with E-state index in [0.29, 0.717) is 5.69 Å². The van der Waals surface area contributed by atoms with E-state index in [1.54, 1.807) is 23.5 Å². The second-order valence-electron chi connectivity index (χ2n) is 2.98. The number of nitrogens with one attached hydrogen (secondary N) is 1. The number of benzene rings is 1. The molecule has 2 aromatic rings. The molecular formula is C11H9NO2S. The molecule has 2 N–H and O–H groups in total. The van der Waals surface area contributed by atoms with Crippen LogP contribution < -0.4 is 5.32 Å². The van der Waals surface area contributed by atoms with E-state index < -0.39 is 6.09 Å². The summed E-state index contributed by atoms with van der Waals surface area (Å²) in [6, 6.07) is 11.3. The van der Waals surface area contributed by atoms with Crippen LogP contribution in [-0.2, 0) is 0 Å². The lowest BCUT2D eigenvalue weighted by atomic mass is 10.2. The van der Waals surface area contributed by atoms with E-state index in [1.165, 1.54) is 4.88 Å². The highest BCUT2D eigenvalue weighted by Gasteiger charge is 2.00. The highest BCUT2D eigenvalue weighted by molar-refractivity contribution is 7.13. The first-order chi connectivity index (χ1) is 7.25. The van der Waals surface area contributed by atoms with Gasteiger partial charge in [-0.3, -0.25) is 5.32 Å². The van der Waals surface area contributed by atoms with Crippen molar-refractivity contribution in [3.8, 4) is 10.4 Å². The molecule has 76 valence electrons. The molecule has 0 aliphatic heterocycles. The molecule has 1 aromatic heterocycles. The Hall–Kier alpha value is -1.81. The number of hydrogen-bond acceptors (Lipinski definition) is 2. The minimum Gasteiger partial charge on any atom is -0.465 e. The first kappa shape index (κ1) is 9.73. The first-order valence-electron chi connectivity index (χ1n) is 4.39. The number of thiophene rings is 1. The van der Waals surface area contributed by atoms with E-state index in [-0.39, 0.29) is 0 Å². The molecule has 1 aromatic carbocycles. The minimum absolute atomic E-state index is 0.586.